The fourth-order valence-corrected chi connectivity index (χ4v) is 3.47. The van der Waals surface area contributed by atoms with E-state index in [2.05, 4.69) is 10.3 Å². The molecule has 1 aromatic heterocycles. The molecule has 1 aliphatic carbocycles. The summed E-state index contributed by atoms with van der Waals surface area (Å²) in [5.41, 5.74) is 2.23. The van der Waals surface area contributed by atoms with E-state index in [1.807, 2.05) is 29.8 Å². The van der Waals surface area contributed by atoms with E-state index in [0.29, 0.717) is 12.0 Å². The van der Waals surface area contributed by atoms with Crippen molar-refractivity contribution < 1.29 is 9.90 Å². The zero-order valence-electron chi connectivity index (χ0n) is 13.0. The molecule has 1 heterocycles. The number of amides is 1. The van der Waals surface area contributed by atoms with Crippen molar-refractivity contribution in [1.82, 2.24) is 14.9 Å². The van der Waals surface area contributed by atoms with E-state index < -0.39 is 0 Å². The van der Waals surface area contributed by atoms with Gasteiger partial charge in [-0.3, -0.25) is 4.79 Å². The Morgan fingerprint density at radius 1 is 1.36 bits per heavy atom. The third-order valence-electron chi connectivity index (χ3n) is 4.77. The zero-order chi connectivity index (χ0) is 15.6. The first-order chi connectivity index (χ1) is 10.6. The summed E-state index contributed by atoms with van der Waals surface area (Å²) in [6.07, 6.45) is 7.71. The van der Waals surface area contributed by atoms with Gasteiger partial charge in [0.1, 0.15) is 0 Å². The maximum Gasteiger partial charge on any atom is 0.251 e. The average molecular weight is 301 g/mol. The molecule has 1 aliphatic rings. The summed E-state index contributed by atoms with van der Waals surface area (Å²) in [4.78, 5) is 16.9. The predicted molar refractivity (Wildman–Crippen MR) is 85.7 cm³/mol. The molecule has 5 nitrogen and oxygen atoms in total. The van der Waals surface area contributed by atoms with Crippen molar-refractivity contribution in [2.24, 2.45) is 7.05 Å². The predicted octanol–water partition coefficient (Wildman–Crippen LogP) is 2.39. The van der Waals surface area contributed by atoms with Gasteiger partial charge >= 0.3 is 0 Å². The van der Waals surface area contributed by atoms with Crippen LogP contribution in [0.5, 0.6) is 0 Å². The van der Waals surface area contributed by atoms with Crippen molar-refractivity contribution in [3.05, 3.63) is 30.1 Å². The normalized spacial score (nSPS) is 17.5. The maximum absolute atomic E-state index is 12.6. The Kier molecular flexibility index (Phi) is 4.16. The number of hydrogen-bond acceptors (Lipinski definition) is 3. The number of aliphatic hydroxyl groups excluding tert-OH is 1. The highest BCUT2D eigenvalue weighted by Crippen LogP contribution is 2.31. The van der Waals surface area contributed by atoms with Crippen LogP contribution in [0.25, 0.3) is 11.0 Å². The van der Waals surface area contributed by atoms with Crippen LogP contribution in [0.15, 0.2) is 24.5 Å². The fourth-order valence-electron chi connectivity index (χ4n) is 3.47. The third-order valence-corrected chi connectivity index (χ3v) is 4.77. The number of aliphatic hydroxyl groups is 1. The molecule has 0 aliphatic heterocycles. The second-order valence-corrected chi connectivity index (χ2v) is 6.33. The van der Waals surface area contributed by atoms with Crippen LogP contribution < -0.4 is 5.32 Å². The number of hydrogen-bond donors (Lipinski definition) is 2. The Morgan fingerprint density at radius 2 is 2.14 bits per heavy atom. The van der Waals surface area contributed by atoms with Crippen molar-refractivity contribution in [2.75, 3.05) is 6.61 Å². The Hall–Kier alpha value is -1.88. The Balaban J connectivity index is 1.81. The monoisotopic (exact) mass is 301 g/mol. The van der Waals surface area contributed by atoms with Crippen LogP contribution in [0.3, 0.4) is 0 Å². The minimum absolute atomic E-state index is 0.0668. The number of carbonyl (C=O) groups is 1. The first kappa shape index (κ1) is 15.0. The molecule has 0 radical (unpaired) electrons. The SMILES string of the molecule is Cn1cnc2cc(C(=O)NC3(CCO)CCCCC3)ccc21. The van der Waals surface area contributed by atoms with Gasteiger partial charge in [-0.05, 0) is 37.5 Å². The minimum Gasteiger partial charge on any atom is -0.396 e. The molecule has 22 heavy (non-hydrogen) atoms. The van der Waals surface area contributed by atoms with E-state index in [9.17, 15) is 9.90 Å². The number of benzene rings is 1. The van der Waals surface area contributed by atoms with Crippen LogP contribution in [0, 0.1) is 0 Å². The second-order valence-electron chi connectivity index (χ2n) is 6.33. The van der Waals surface area contributed by atoms with Gasteiger partial charge in [0, 0.05) is 24.8 Å². The van der Waals surface area contributed by atoms with Crippen LogP contribution >= 0.6 is 0 Å². The van der Waals surface area contributed by atoms with Gasteiger partial charge in [0.25, 0.3) is 5.91 Å². The molecule has 2 aromatic rings. The number of rotatable bonds is 4. The van der Waals surface area contributed by atoms with Crippen LogP contribution in [0.2, 0.25) is 0 Å². The third kappa shape index (κ3) is 2.86. The molecule has 118 valence electrons. The van der Waals surface area contributed by atoms with Crippen molar-refractivity contribution in [2.45, 2.75) is 44.1 Å². The average Bonchev–Trinajstić information content (AvgIpc) is 2.89. The molecule has 0 unspecified atom stereocenters. The first-order valence-corrected chi connectivity index (χ1v) is 7.98. The summed E-state index contributed by atoms with van der Waals surface area (Å²) < 4.78 is 1.94. The van der Waals surface area contributed by atoms with E-state index in [0.717, 1.165) is 36.7 Å². The van der Waals surface area contributed by atoms with Gasteiger partial charge in [0.15, 0.2) is 0 Å². The van der Waals surface area contributed by atoms with Gasteiger partial charge in [-0.2, -0.15) is 0 Å². The van der Waals surface area contributed by atoms with Gasteiger partial charge in [0.2, 0.25) is 0 Å². The number of imidazole rings is 1. The molecular formula is C17H23N3O2. The van der Waals surface area contributed by atoms with E-state index in [1.54, 1.807) is 6.33 Å². The highest BCUT2D eigenvalue weighted by Gasteiger charge is 2.33. The van der Waals surface area contributed by atoms with Crippen molar-refractivity contribution in [1.29, 1.82) is 0 Å². The van der Waals surface area contributed by atoms with Gasteiger partial charge in [-0.1, -0.05) is 19.3 Å². The number of carbonyl (C=O) groups excluding carboxylic acids is 1. The Morgan fingerprint density at radius 3 is 2.86 bits per heavy atom. The topological polar surface area (TPSA) is 67.2 Å². The number of nitrogens with zero attached hydrogens (tertiary/aromatic N) is 2. The van der Waals surface area contributed by atoms with Gasteiger partial charge in [-0.15, -0.1) is 0 Å². The molecule has 0 saturated heterocycles. The van der Waals surface area contributed by atoms with Crippen molar-refractivity contribution >= 4 is 16.9 Å². The molecule has 1 amide bonds. The molecule has 1 saturated carbocycles. The number of aromatic nitrogens is 2. The van der Waals surface area contributed by atoms with Gasteiger partial charge in [-0.25, -0.2) is 4.98 Å². The van der Waals surface area contributed by atoms with Crippen LogP contribution in [-0.4, -0.2) is 32.7 Å². The second kappa shape index (κ2) is 6.08. The Labute approximate surface area is 130 Å². The summed E-state index contributed by atoms with van der Waals surface area (Å²) in [5, 5.41) is 12.5. The summed E-state index contributed by atoms with van der Waals surface area (Å²) in [7, 11) is 1.94. The molecule has 1 aromatic carbocycles. The lowest BCUT2D eigenvalue weighted by Gasteiger charge is -2.38. The minimum atomic E-state index is -0.247. The van der Waals surface area contributed by atoms with Crippen molar-refractivity contribution in [3.8, 4) is 0 Å². The lowest BCUT2D eigenvalue weighted by Crippen LogP contribution is -2.50. The highest BCUT2D eigenvalue weighted by atomic mass is 16.3. The van der Waals surface area contributed by atoms with Crippen LogP contribution in [0.1, 0.15) is 48.9 Å². The largest absolute Gasteiger partial charge is 0.396 e. The summed E-state index contributed by atoms with van der Waals surface area (Å²) in [6.45, 7) is 0.111. The lowest BCUT2D eigenvalue weighted by atomic mass is 9.79. The van der Waals surface area contributed by atoms with Crippen molar-refractivity contribution in [3.63, 3.8) is 0 Å². The number of fused-ring (bicyclic) bond motifs is 1. The molecule has 1 fully saturated rings. The molecule has 0 atom stereocenters. The van der Waals surface area contributed by atoms with E-state index in [1.165, 1.54) is 6.42 Å². The molecule has 0 bridgehead atoms. The molecule has 3 rings (SSSR count). The lowest BCUT2D eigenvalue weighted by molar-refractivity contribution is 0.0836. The quantitative estimate of drug-likeness (QED) is 0.911. The van der Waals surface area contributed by atoms with E-state index in [-0.39, 0.29) is 18.1 Å². The summed E-state index contributed by atoms with van der Waals surface area (Å²) in [6, 6.07) is 5.60. The molecule has 2 N–H and O–H groups in total. The van der Waals surface area contributed by atoms with Crippen LogP contribution in [0.4, 0.5) is 0 Å². The summed E-state index contributed by atoms with van der Waals surface area (Å²) >= 11 is 0. The van der Waals surface area contributed by atoms with Crippen LogP contribution in [-0.2, 0) is 7.05 Å². The summed E-state index contributed by atoms with van der Waals surface area (Å²) in [5.74, 6) is -0.0668. The molecular weight excluding hydrogens is 278 g/mol. The maximum atomic E-state index is 12.6. The highest BCUT2D eigenvalue weighted by molar-refractivity contribution is 5.97. The standard InChI is InChI=1S/C17H23N3O2/c1-20-12-18-14-11-13(5-6-15(14)20)16(22)19-17(9-10-21)7-3-2-4-8-17/h5-6,11-12,21H,2-4,7-10H2,1H3,(H,19,22). The smallest absolute Gasteiger partial charge is 0.251 e. The number of aryl methyl sites for hydroxylation is 1. The van der Waals surface area contributed by atoms with Gasteiger partial charge < -0.3 is 15.0 Å². The molecule has 5 heteroatoms. The van der Waals surface area contributed by atoms with E-state index >= 15 is 0 Å². The zero-order valence-corrected chi connectivity index (χ0v) is 13.0. The number of nitrogens with one attached hydrogen (secondary N) is 1. The fraction of sp³-hybridized carbons (Fsp3) is 0.529. The molecule has 0 spiro atoms. The Bertz CT molecular complexity index is 666. The van der Waals surface area contributed by atoms with Gasteiger partial charge in [0.05, 0.1) is 17.4 Å². The van der Waals surface area contributed by atoms with E-state index in [4.69, 9.17) is 0 Å². The first-order valence-electron chi connectivity index (χ1n) is 7.98.